The van der Waals surface area contributed by atoms with Gasteiger partial charge in [0.05, 0.1) is 6.61 Å². The van der Waals surface area contributed by atoms with E-state index in [0.29, 0.717) is 5.92 Å². The smallest absolute Gasteiger partial charge is 0.0705 e. The van der Waals surface area contributed by atoms with E-state index < -0.39 is 0 Å². The first-order chi connectivity index (χ1) is 7.09. The zero-order valence-corrected chi connectivity index (χ0v) is 10.1. The van der Waals surface area contributed by atoms with Crippen molar-refractivity contribution in [1.29, 1.82) is 0 Å². The van der Waals surface area contributed by atoms with E-state index in [9.17, 15) is 0 Å². The molecule has 0 spiro atoms. The molecule has 0 heterocycles. The standard InChI is InChI=1S/C13H21NO/c1-10(2)9-15-14-8-13-6-5-11(3)7-12(13)4/h5-7,10,14H,8-9H2,1-4H3. The van der Waals surface area contributed by atoms with Gasteiger partial charge in [0.2, 0.25) is 0 Å². The zero-order chi connectivity index (χ0) is 11.3. The van der Waals surface area contributed by atoms with Crippen LogP contribution in [0.15, 0.2) is 18.2 Å². The van der Waals surface area contributed by atoms with Crippen LogP contribution < -0.4 is 5.48 Å². The van der Waals surface area contributed by atoms with Crippen LogP contribution in [0.3, 0.4) is 0 Å². The average Bonchev–Trinajstić information content (AvgIpc) is 2.14. The van der Waals surface area contributed by atoms with Crippen molar-refractivity contribution in [3.63, 3.8) is 0 Å². The minimum atomic E-state index is 0.566. The second-order valence-corrected chi connectivity index (χ2v) is 4.46. The molecule has 0 aromatic heterocycles. The van der Waals surface area contributed by atoms with Gasteiger partial charge in [-0.15, -0.1) is 0 Å². The molecule has 0 saturated heterocycles. The second-order valence-electron chi connectivity index (χ2n) is 4.46. The second kappa shape index (κ2) is 5.89. The summed E-state index contributed by atoms with van der Waals surface area (Å²) in [5.41, 5.74) is 6.91. The lowest BCUT2D eigenvalue weighted by Crippen LogP contribution is -2.17. The fraction of sp³-hybridized carbons (Fsp3) is 0.538. The lowest BCUT2D eigenvalue weighted by atomic mass is 10.1. The van der Waals surface area contributed by atoms with Gasteiger partial charge >= 0.3 is 0 Å². The summed E-state index contributed by atoms with van der Waals surface area (Å²) in [5.74, 6) is 0.566. The first-order valence-corrected chi connectivity index (χ1v) is 5.50. The molecular weight excluding hydrogens is 186 g/mol. The summed E-state index contributed by atoms with van der Waals surface area (Å²) in [7, 11) is 0. The Labute approximate surface area is 92.6 Å². The summed E-state index contributed by atoms with van der Waals surface area (Å²) in [6, 6.07) is 6.47. The van der Waals surface area contributed by atoms with Crippen molar-refractivity contribution in [2.24, 2.45) is 5.92 Å². The van der Waals surface area contributed by atoms with E-state index in [1.54, 1.807) is 0 Å². The molecule has 0 radical (unpaired) electrons. The van der Waals surface area contributed by atoms with Crippen molar-refractivity contribution in [1.82, 2.24) is 5.48 Å². The van der Waals surface area contributed by atoms with Crippen molar-refractivity contribution in [3.8, 4) is 0 Å². The highest BCUT2D eigenvalue weighted by molar-refractivity contribution is 5.30. The predicted octanol–water partition coefficient (Wildman–Crippen LogP) is 2.98. The van der Waals surface area contributed by atoms with E-state index in [1.807, 2.05) is 0 Å². The van der Waals surface area contributed by atoms with E-state index in [2.05, 4.69) is 51.4 Å². The minimum Gasteiger partial charge on any atom is -0.301 e. The average molecular weight is 207 g/mol. The molecule has 0 aliphatic rings. The molecular formula is C13H21NO. The number of nitrogens with one attached hydrogen (secondary N) is 1. The third-order valence-electron chi connectivity index (χ3n) is 2.28. The normalized spacial score (nSPS) is 11.0. The van der Waals surface area contributed by atoms with Crippen LogP contribution in [0.4, 0.5) is 0 Å². The van der Waals surface area contributed by atoms with Crippen molar-refractivity contribution in [2.45, 2.75) is 34.2 Å². The van der Waals surface area contributed by atoms with Gasteiger partial charge in [0.1, 0.15) is 0 Å². The Morgan fingerprint density at radius 2 is 2.00 bits per heavy atom. The van der Waals surface area contributed by atoms with Crippen LogP contribution in [0, 0.1) is 19.8 Å². The maximum atomic E-state index is 5.33. The quantitative estimate of drug-likeness (QED) is 0.592. The fourth-order valence-corrected chi connectivity index (χ4v) is 1.40. The van der Waals surface area contributed by atoms with Crippen LogP contribution in [0.2, 0.25) is 0 Å². The zero-order valence-electron chi connectivity index (χ0n) is 10.1. The number of benzene rings is 1. The Balaban J connectivity index is 2.37. The molecule has 1 N–H and O–H groups in total. The molecule has 0 saturated carbocycles. The monoisotopic (exact) mass is 207 g/mol. The summed E-state index contributed by atoms with van der Waals surface area (Å²) in [5, 5.41) is 0. The SMILES string of the molecule is Cc1ccc(CNOCC(C)C)c(C)c1. The third kappa shape index (κ3) is 4.45. The lowest BCUT2D eigenvalue weighted by molar-refractivity contribution is 0.0195. The van der Waals surface area contributed by atoms with Crippen LogP contribution in [0.25, 0.3) is 0 Å². The summed E-state index contributed by atoms with van der Waals surface area (Å²) in [6.45, 7) is 10.0. The molecule has 1 aromatic rings. The summed E-state index contributed by atoms with van der Waals surface area (Å²) in [4.78, 5) is 5.33. The fourth-order valence-electron chi connectivity index (χ4n) is 1.40. The molecule has 0 amide bonds. The molecule has 0 atom stereocenters. The summed E-state index contributed by atoms with van der Waals surface area (Å²) in [6.07, 6.45) is 0. The van der Waals surface area contributed by atoms with Crippen molar-refractivity contribution < 1.29 is 4.84 Å². The third-order valence-corrected chi connectivity index (χ3v) is 2.28. The highest BCUT2D eigenvalue weighted by Gasteiger charge is 1.98. The van der Waals surface area contributed by atoms with Gasteiger partial charge in [-0.05, 0) is 30.9 Å². The van der Waals surface area contributed by atoms with E-state index in [4.69, 9.17) is 4.84 Å². The molecule has 0 aliphatic heterocycles. The number of rotatable bonds is 5. The molecule has 0 unspecified atom stereocenters. The molecule has 0 aliphatic carbocycles. The van der Waals surface area contributed by atoms with Gasteiger partial charge in [0.15, 0.2) is 0 Å². The largest absolute Gasteiger partial charge is 0.301 e. The summed E-state index contributed by atoms with van der Waals surface area (Å²) < 4.78 is 0. The van der Waals surface area contributed by atoms with Crippen molar-refractivity contribution in [3.05, 3.63) is 34.9 Å². The highest BCUT2D eigenvalue weighted by Crippen LogP contribution is 2.09. The Bertz CT molecular complexity index is 307. The molecule has 15 heavy (non-hydrogen) atoms. The van der Waals surface area contributed by atoms with Gasteiger partial charge in [0.25, 0.3) is 0 Å². The van der Waals surface area contributed by atoms with Gasteiger partial charge < -0.3 is 4.84 Å². The predicted molar refractivity (Wildman–Crippen MR) is 63.5 cm³/mol. The molecule has 0 bridgehead atoms. The molecule has 0 fully saturated rings. The Hall–Kier alpha value is -0.860. The summed E-state index contributed by atoms with van der Waals surface area (Å²) >= 11 is 0. The van der Waals surface area contributed by atoms with Crippen LogP contribution >= 0.6 is 0 Å². The van der Waals surface area contributed by atoms with E-state index >= 15 is 0 Å². The van der Waals surface area contributed by atoms with Gasteiger partial charge in [-0.3, -0.25) is 0 Å². The van der Waals surface area contributed by atoms with Gasteiger partial charge in [-0.2, -0.15) is 5.48 Å². The molecule has 1 aromatic carbocycles. The molecule has 84 valence electrons. The maximum absolute atomic E-state index is 5.33. The van der Waals surface area contributed by atoms with Crippen LogP contribution in [0.5, 0.6) is 0 Å². The number of hydrogen-bond donors (Lipinski definition) is 1. The maximum Gasteiger partial charge on any atom is 0.0705 e. The number of hydroxylamine groups is 1. The Kier molecular flexibility index (Phi) is 4.79. The van der Waals surface area contributed by atoms with Crippen LogP contribution in [-0.2, 0) is 11.4 Å². The van der Waals surface area contributed by atoms with Gasteiger partial charge in [-0.25, -0.2) is 0 Å². The highest BCUT2D eigenvalue weighted by atomic mass is 16.6. The van der Waals surface area contributed by atoms with Crippen LogP contribution in [0.1, 0.15) is 30.5 Å². The van der Waals surface area contributed by atoms with Crippen molar-refractivity contribution in [2.75, 3.05) is 6.61 Å². The minimum absolute atomic E-state index is 0.566. The molecule has 2 nitrogen and oxygen atoms in total. The van der Waals surface area contributed by atoms with Gasteiger partial charge in [0, 0.05) is 6.54 Å². The molecule has 1 rings (SSSR count). The van der Waals surface area contributed by atoms with Gasteiger partial charge in [-0.1, -0.05) is 37.6 Å². The molecule has 2 heteroatoms. The number of hydrogen-bond acceptors (Lipinski definition) is 2. The Morgan fingerprint density at radius 3 is 2.60 bits per heavy atom. The Morgan fingerprint density at radius 1 is 1.27 bits per heavy atom. The first kappa shape index (κ1) is 12.2. The first-order valence-electron chi connectivity index (χ1n) is 5.50. The van der Waals surface area contributed by atoms with E-state index in [0.717, 1.165) is 13.2 Å². The van der Waals surface area contributed by atoms with E-state index in [1.165, 1.54) is 16.7 Å². The lowest BCUT2D eigenvalue weighted by Gasteiger charge is -2.10. The van der Waals surface area contributed by atoms with E-state index in [-0.39, 0.29) is 0 Å². The number of aryl methyl sites for hydroxylation is 2. The van der Waals surface area contributed by atoms with Crippen molar-refractivity contribution >= 4 is 0 Å². The van der Waals surface area contributed by atoms with Crippen LogP contribution in [-0.4, -0.2) is 6.61 Å². The topological polar surface area (TPSA) is 21.3 Å².